The summed E-state index contributed by atoms with van der Waals surface area (Å²) >= 11 is 0. The van der Waals surface area contributed by atoms with Gasteiger partial charge in [0, 0.05) is 23.5 Å². The average Bonchev–Trinajstić information content (AvgIpc) is 3.20. The predicted octanol–water partition coefficient (Wildman–Crippen LogP) is 3.02. The van der Waals surface area contributed by atoms with E-state index in [1.54, 1.807) is 4.68 Å². The molecule has 2 aromatic rings. The van der Waals surface area contributed by atoms with E-state index >= 15 is 0 Å². The van der Waals surface area contributed by atoms with E-state index in [1.807, 2.05) is 19.1 Å². The summed E-state index contributed by atoms with van der Waals surface area (Å²) in [6, 6.07) is -0.0248. The molecular formula is C22H30FN9O. The maximum absolute atomic E-state index is 14.6. The summed E-state index contributed by atoms with van der Waals surface area (Å²) in [4.78, 5) is 8.61. The van der Waals surface area contributed by atoms with Gasteiger partial charge in [-0.1, -0.05) is 6.08 Å². The van der Waals surface area contributed by atoms with Gasteiger partial charge in [0.2, 0.25) is 5.95 Å². The third-order valence-electron chi connectivity index (χ3n) is 6.18. The van der Waals surface area contributed by atoms with Gasteiger partial charge in [0.1, 0.15) is 5.76 Å². The Bertz CT molecular complexity index is 1110. The molecule has 11 heteroatoms. The van der Waals surface area contributed by atoms with Crippen molar-refractivity contribution in [3.63, 3.8) is 0 Å². The van der Waals surface area contributed by atoms with Gasteiger partial charge in [-0.2, -0.15) is 9.67 Å². The highest BCUT2D eigenvalue weighted by atomic mass is 19.1. The number of anilines is 2. The lowest BCUT2D eigenvalue weighted by molar-refractivity contribution is 0.121. The number of hydrogen-bond donors (Lipinski definition) is 3. The van der Waals surface area contributed by atoms with Gasteiger partial charge < -0.3 is 20.7 Å². The van der Waals surface area contributed by atoms with E-state index in [0.717, 1.165) is 24.3 Å². The Morgan fingerprint density at radius 1 is 1.18 bits per heavy atom. The van der Waals surface area contributed by atoms with Gasteiger partial charge in [-0.05, 0) is 64.0 Å². The predicted molar refractivity (Wildman–Crippen MR) is 122 cm³/mol. The molecule has 4 heterocycles. The summed E-state index contributed by atoms with van der Waals surface area (Å²) in [7, 11) is 0. The number of allylic oxidation sites excluding steroid dienone is 1. The summed E-state index contributed by atoms with van der Waals surface area (Å²) < 4.78 is 22.2. The van der Waals surface area contributed by atoms with E-state index < -0.39 is 5.82 Å². The normalized spacial score (nSPS) is 25.8. The molecule has 1 aliphatic carbocycles. The SMILES string of the molecule is CC1OC2=C(CC(Nc3ncc(F)c(NC4CC(C)(C)NC(C)(C)C4)n3)C=C2)n2nnnc21. The lowest BCUT2D eigenvalue weighted by atomic mass is 9.79. The molecular weight excluding hydrogens is 425 g/mol. The number of halogens is 1. The summed E-state index contributed by atoms with van der Waals surface area (Å²) in [5.41, 5.74) is 0.751. The number of fused-ring (bicyclic) bond motifs is 2. The van der Waals surface area contributed by atoms with Crippen LogP contribution in [0.5, 0.6) is 0 Å². The molecule has 3 aliphatic rings. The van der Waals surface area contributed by atoms with E-state index in [1.165, 1.54) is 6.20 Å². The lowest BCUT2D eigenvalue weighted by Gasteiger charge is -2.46. The van der Waals surface area contributed by atoms with Crippen molar-refractivity contribution in [2.75, 3.05) is 10.6 Å². The molecule has 0 radical (unpaired) electrons. The van der Waals surface area contributed by atoms with Crippen LogP contribution >= 0.6 is 0 Å². The van der Waals surface area contributed by atoms with Gasteiger partial charge in [-0.3, -0.25) is 0 Å². The Balaban J connectivity index is 1.30. The maximum atomic E-state index is 14.6. The van der Waals surface area contributed by atoms with Crippen LogP contribution in [-0.2, 0) is 4.74 Å². The number of ether oxygens (including phenoxy) is 1. The van der Waals surface area contributed by atoms with Gasteiger partial charge in [0.15, 0.2) is 23.6 Å². The number of piperidine rings is 1. The van der Waals surface area contributed by atoms with Crippen LogP contribution < -0.4 is 16.0 Å². The van der Waals surface area contributed by atoms with Crippen LogP contribution in [0.1, 0.15) is 65.8 Å². The number of rotatable bonds is 4. The first-order chi connectivity index (χ1) is 15.6. The number of nitrogens with one attached hydrogen (secondary N) is 3. The largest absolute Gasteiger partial charge is 0.481 e. The van der Waals surface area contributed by atoms with Crippen LogP contribution in [0, 0.1) is 5.82 Å². The second-order valence-corrected chi connectivity index (χ2v) is 10.4. The molecule has 10 nitrogen and oxygen atoms in total. The molecule has 2 aromatic heterocycles. The monoisotopic (exact) mass is 455 g/mol. The van der Waals surface area contributed by atoms with E-state index in [4.69, 9.17) is 4.74 Å². The smallest absolute Gasteiger partial charge is 0.225 e. The first-order valence-electron chi connectivity index (χ1n) is 11.3. The Hall–Kier alpha value is -3.08. The highest BCUT2D eigenvalue weighted by molar-refractivity contribution is 5.58. The second kappa shape index (κ2) is 7.75. The van der Waals surface area contributed by atoms with Crippen molar-refractivity contribution in [3.05, 3.63) is 35.7 Å². The minimum absolute atomic E-state index is 0.0586. The van der Waals surface area contributed by atoms with E-state index in [9.17, 15) is 4.39 Å². The minimum Gasteiger partial charge on any atom is -0.481 e. The van der Waals surface area contributed by atoms with Crippen LogP contribution in [0.3, 0.4) is 0 Å². The highest BCUT2D eigenvalue weighted by Gasteiger charge is 2.38. The molecule has 0 bridgehead atoms. The molecule has 5 rings (SSSR count). The van der Waals surface area contributed by atoms with Crippen molar-refractivity contribution in [2.45, 2.75) is 83.1 Å². The zero-order chi connectivity index (χ0) is 23.4. The van der Waals surface area contributed by atoms with E-state index in [0.29, 0.717) is 18.2 Å². The first-order valence-corrected chi connectivity index (χ1v) is 11.3. The fourth-order valence-corrected chi connectivity index (χ4v) is 5.28. The summed E-state index contributed by atoms with van der Waals surface area (Å²) in [6.45, 7) is 10.6. The van der Waals surface area contributed by atoms with Gasteiger partial charge >= 0.3 is 0 Å². The zero-order valence-corrected chi connectivity index (χ0v) is 19.6. The Labute approximate surface area is 192 Å². The van der Waals surface area contributed by atoms with Gasteiger partial charge in [-0.15, -0.1) is 5.10 Å². The molecule has 2 unspecified atom stereocenters. The third-order valence-corrected chi connectivity index (χ3v) is 6.18. The average molecular weight is 456 g/mol. The van der Waals surface area contributed by atoms with Crippen molar-refractivity contribution in [1.29, 1.82) is 0 Å². The molecule has 2 aliphatic heterocycles. The molecule has 33 heavy (non-hydrogen) atoms. The highest BCUT2D eigenvalue weighted by Crippen LogP contribution is 2.35. The molecule has 1 fully saturated rings. The number of tetrazole rings is 1. The number of hydrogen-bond acceptors (Lipinski definition) is 9. The quantitative estimate of drug-likeness (QED) is 0.640. The molecule has 3 N–H and O–H groups in total. The molecule has 2 atom stereocenters. The summed E-state index contributed by atoms with van der Waals surface area (Å²) in [6.07, 6.45) is 7.17. The minimum atomic E-state index is -0.466. The van der Waals surface area contributed by atoms with Crippen LogP contribution in [0.2, 0.25) is 0 Å². The van der Waals surface area contributed by atoms with Gasteiger partial charge in [0.25, 0.3) is 0 Å². The summed E-state index contributed by atoms with van der Waals surface area (Å²) in [5.74, 6) is 1.52. The standard InChI is InChI=1S/C22H30FN9O/c1-12-19-28-30-31-32(19)16-8-13(6-7-17(16)33-12)26-20-24-11-15(23)18(27-20)25-14-9-21(2,3)29-22(4,5)10-14/h6-7,11-14,29H,8-10H2,1-5H3,(H2,24,25,26,27). The molecule has 0 amide bonds. The third kappa shape index (κ3) is 4.41. The maximum Gasteiger partial charge on any atom is 0.225 e. The number of aromatic nitrogens is 6. The molecule has 0 spiro atoms. The fourth-order valence-electron chi connectivity index (χ4n) is 5.28. The van der Waals surface area contributed by atoms with Crippen LogP contribution in [0.15, 0.2) is 24.1 Å². The molecule has 1 saturated heterocycles. The second-order valence-electron chi connectivity index (χ2n) is 10.4. The first kappa shape index (κ1) is 21.7. The van der Waals surface area contributed by atoms with Crippen molar-refractivity contribution in [3.8, 4) is 0 Å². The van der Waals surface area contributed by atoms with E-state index in [2.05, 4.69) is 69.1 Å². The van der Waals surface area contributed by atoms with Crippen molar-refractivity contribution >= 4 is 17.5 Å². The van der Waals surface area contributed by atoms with Crippen molar-refractivity contribution in [1.82, 2.24) is 35.5 Å². The van der Waals surface area contributed by atoms with Crippen molar-refractivity contribution in [2.24, 2.45) is 0 Å². The topological polar surface area (TPSA) is 115 Å². The Kier molecular flexibility index (Phi) is 5.11. The zero-order valence-electron chi connectivity index (χ0n) is 19.6. The van der Waals surface area contributed by atoms with E-state index in [-0.39, 0.29) is 35.1 Å². The molecule has 0 saturated carbocycles. The van der Waals surface area contributed by atoms with Crippen LogP contribution in [-0.4, -0.2) is 53.3 Å². The Morgan fingerprint density at radius 2 is 1.94 bits per heavy atom. The number of nitrogens with zero attached hydrogens (tertiary/aromatic N) is 6. The fraction of sp³-hybridized carbons (Fsp3) is 0.591. The summed E-state index contributed by atoms with van der Waals surface area (Å²) in [5, 5.41) is 22.2. The lowest BCUT2D eigenvalue weighted by Crippen LogP contribution is -2.60. The Morgan fingerprint density at radius 3 is 2.70 bits per heavy atom. The van der Waals surface area contributed by atoms with Gasteiger partial charge in [0.05, 0.1) is 17.9 Å². The van der Waals surface area contributed by atoms with Crippen LogP contribution in [0.4, 0.5) is 16.2 Å². The van der Waals surface area contributed by atoms with Crippen molar-refractivity contribution < 1.29 is 9.13 Å². The van der Waals surface area contributed by atoms with Crippen LogP contribution in [0.25, 0.3) is 5.70 Å². The molecule has 176 valence electrons. The molecule has 0 aromatic carbocycles. The van der Waals surface area contributed by atoms with Gasteiger partial charge in [-0.25, -0.2) is 9.37 Å².